The third-order valence-corrected chi connectivity index (χ3v) is 6.51. The van der Waals surface area contributed by atoms with Crippen LogP contribution in [0.5, 0.6) is 0 Å². The molecule has 0 saturated heterocycles. The largest absolute Gasteiger partial charge is 0.390 e. The van der Waals surface area contributed by atoms with Crippen LogP contribution in [0.2, 0.25) is 0 Å². The fourth-order valence-corrected chi connectivity index (χ4v) is 4.49. The molecule has 3 aromatic carbocycles. The van der Waals surface area contributed by atoms with Crippen molar-refractivity contribution in [1.29, 1.82) is 0 Å². The number of nitrogens with zero attached hydrogens (tertiary/aromatic N) is 3. The van der Waals surface area contributed by atoms with Gasteiger partial charge in [0.05, 0.1) is 11.5 Å². The van der Waals surface area contributed by atoms with Crippen LogP contribution >= 0.6 is 0 Å². The van der Waals surface area contributed by atoms with E-state index in [1.807, 2.05) is 31.2 Å². The summed E-state index contributed by atoms with van der Waals surface area (Å²) in [5.41, 5.74) is 8.19. The van der Waals surface area contributed by atoms with Gasteiger partial charge in [0.25, 0.3) is 11.5 Å². The number of aliphatic hydroxyl groups is 1. The molecule has 0 radical (unpaired) electrons. The number of carbonyl (C=O) groups is 1. The molecule has 0 bridgehead atoms. The number of halogens is 2. The van der Waals surface area contributed by atoms with E-state index in [1.54, 1.807) is 24.3 Å². The van der Waals surface area contributed by atoms with Gasteiger partial charge in [-0.2, -0.15) is 5.10 Å². The van der Waals surface area contributed by atoms with Crippen molar-refractivity contribution < 1.29 is 18.7 Å². The van der Waals surface area contributed by atoms with Crippen molar-refractivity contribution in [1.82, 2.24) is 14.7 Å². The molecule has 198 valence electrons. The molecule has 0 aliphatic heterocycles. The summed E-state index contributed by atoms with van der Waals surface area (Å²) in [6.07, 6.45) is -0.394. The van der Waals surface area contributed by atoms with Gasteiger partial charge in [-0.3, -0.25) is 9.59 Å². The summed E-state index contributed by atoms with van der Waals surface area (Å²) in [6, 6.07) is 16.7. The molecule has 38 heavy (non-hydrogen) atoms. The number of carbonyl (C=O) groups excluding carboxylic acids is 1. The maximum Gasteiger partial charge on any atom is 0.275 e. The Kier molecular flexibility index (Phi) is 8.29. The van der Waals surface area contributed by atoms with E-state index >= 15 is 0 Å². The van der Waals surface area contributed by atoms with Crippen LogP contribution in [-0.2, 0) is 26.4 Å². The molecule has 3 N–H and O–H groups in total. The van der Waals surface area contributed by atoms with Crippen LogP contribution < -0.4 is 11.3 Å². The molecule has 7 nitrogen and oxygen atoms in total. The van der Waals surface area contributed by atoms with Gasteiger partial charge in [-0.1, -0.05) is 49.4 Å². The van der Waals surface area contributed by atoms with E-state index in [2.05, 4.69) is 5.10 Å². The molecule has 2 atom stereocenters. The highest BCUT2D eigenvalue weighted by molar-refractivity contribution is 6.04. The molecular weight excluding hydrogens is 490 g/mol. The first kappa shape index (κ1) is 27.1. The average molecular weight is 521 g/mol. The Labute approximate surface area is 219 Å². The molecule has 0 saturated carbocycles. The lowest BCUT2D eigenvalue weighted by molar-refractivity contribution is 0.0549. The Morgan fingerprint density at radius 3 is 2.34 bits per heavy atom. The van der Waals surface area contributed by atoms with Gasteiger partial charge < -0.3 is 15.7 Å². The van der Waals surface area contributed by atoms with E-state index in [0.29, 0.717) is 16.3 Å². The average Bonchev–Trinajstić information content (AvgIpc) is 2.89. The minimum atomic E-state index is -1.21. The van der Waals surface area contributed by atoms with Crippen molar-refractivity contribution in [3.8, 4) is 0 Å². The summed E-state index contributed by atoms with van der Waals surface area (Å²) < 4.78 is 28.4. The number of amides is 1. The third-order valence-electron chi connectivity index (χ3n) is 6.51. The van der Waals surface area contributed by atoms with Gasteiger partial charge in [0.1, 0.15) is 11.6 Å². The van der Waals surface area contributed by atoms with E-state index in [4.69, 9.17) is 5.73 Å². The maximum absolute atomic E-state index is 13.9. The Balaban J connectivity index is 1.67. The van der Waals surface area contributed by atoms with Crippen LogP contribution in [0.4, 0.5) is 8.78 Å². The number of nitrogens with two attached hydrogens (primary N) is 1. The zero-order chi connectivity index (χ0) is 27.4. The van der Waals surface area contributed by atoms with E-state index in [9.17, 15) is 23.5 Å². The number of benzene rings is 3. The van der Waals surface area contributed by atoms with Crippen molar-refractivity contribution in [3.05, 3.63) is 111 Å². The van der Waals surface area contributed by atoms with Crippen LogP contribution in [-0.4, -0.2) is 44.4 Å². The first-order valence-corrected chi connectivity index (χ1v) is 12.4. The minimum Gasteiger partial charge on any atom is -0.390 e. The fraction of sp³-hybridized carbons (Fsp3) is 0.276. The van der Waals surface area contributed by atoms with E-state index in [1.165, 1.54) is 11.9 Å². The monoisotopic (exact) mass is 520 g/mol. The lowest BCUT2D eigenvalue weighted by Gasteiger charge is -2.28. The number of aliphatic hydroxyl groups excluding tert-OH is 1. The topological polar surface area (TPSA) is 101 Å². The number of aryl methyl sites for hydroxylation is 2. The fourth-order valence-electron chi connectivity index (χ4n) is 4.49. The lowest BCUT2D eigenvalue weighted by Crippen LogP contribution is -2.46. The quantitative estimate of drug-likeness (QED) is 0.353. The molecular formula is C29H30F2N4O3. The van der Waals surface area contributed by atoms with Gasteiger partial charge in [-0.05, 0) is 47.7 Å². The van der Waals surface area contributed by atoms with Gasteiger partial charge in [-0.25, -0.2) is 13.5 Å². The molecule has 1 heterocycles. The summed E-state index contributed by atoms with van der Waals surface area (Å²) in [6.45, 7) is 2.03. The number of hydrogen-bond donors (Lipinski definition) is 2. The first-order chi connectivity index (χ1) is 18.2. The van der Waals surface area contributed by atoms with E-state index in [-0.39, 0.29) is 30.8 Å². The predicted molar refractivity (Wildman–Crippen MR) is 142 cm³/mol. The smallest absolute Gasteiger partial charge is 0.275 e. The zero-order valence-electron chi connectivity index (χ0n) is 21.3. The summed E-state index contributed by atoms with van der Waals surface area (Å²) in [4.78, 5) is 27.9. The second-order valence-corrected chi connectivity index (χ2v) is 9.40. The first-order valence-electron chi connectivity index (χ1n) is 12.4. The SMILES string of the molecule is CCc1cccc(CN(CC(O)C(N)Cc2cc(F)cc(F)c2)C(=O)c2nn(C)c(=O)c3ccccc23)c1. The molecule has 1 amide bonds. The minimum absolute atomic E-state index is 0.00418. The van der Waals surface area contributed by atoms with Gasteiger partial charge in [0, 0.05) is 37.6 Å². The molecule has 9 heteroatoms. The van der Waals surface area contributed by atoms with Crippen molar-refractivity contribution in [2.45, 2.75) is 38.5 Å². The third kappa shape index (κ3) is 6.12. The summed E-state index contributed by atoms with van der Waals surface area (Å²) in [5.74, 6) is -1.95. The molecule has 0 aliphatic carbocycles. The predicted octanol–water partition coefficient (Wildman–Crippen LogP) is 3.35. The Hall–Kier alpha value is -3.95. The maximum atomic E-state index is 13.9. The van der Waals surface area contributed by atoms with Crippen LogP contribution in [0, 0.1) is 11.6 Å². The Bertz CT molecular complexity index is 1500. The van der Waals surface area contributed by atoms with Crippen LogP contribution in [0.3, 0.4) is 0 Å². The molecule has 4 rings (SSSR count). The lowest BCUT2D eigenvalue weighted by atomic mass is 10.0. The molecule has 2 unspecified atom stereocenters. The van der Waals surface area contributed by atoms with Crippen LogP contribution in [0.15, 0.2) is 71.5 Å². The number of aromatic nitrogens is 2. The molecule has 1 aromatic heterocycles. The summed E-state index contributed by atoms with van der Waals surface area (Å²) in [5, 5.41) is 16.0. The van der Waals surface area contributed by atoms with Crippen molar-refractivity contribution in [2.75, 3.05) is 6.54 Å². The standard InChI is InChI=1S/C29H30F2N4O3/c1-3-18-7-6-8-19(11-18)16-35(17-26(36)25(32)14-20-12-21(30)15-22(31)13-20)29(38)27-23-9-4-5-10-24(23)28(37)34(2)33-27/h4-13,15,25-26,36H,3,14,16-17,32H2,1-2H3. The van der Waals surface area contributed by atoms with Gasteiger partial charge in [-0.15, -0.1) is 0 Å². The molecule has 4 aromatic rings. The number of rotatable bonds is 9. The van der Waals surface area contributed by atoms with Crippen molar-refractivity contribution in [3.63, 3.8) is 0 Å². The van der Waals surface area contributed by atoms with Gasteiger partial charge in [0.2, 0.25) is 0 Å². The molecule has 0 spiro atoms. The highest BCUT2D eigenvalue weighted by Crippen LogP contribution is 2.19. The van der Waals surface area contributed by atoms with Crippen molar-refractivity contribution in [2.24, 2.45) is 12.8 Å². The zero-order valence-corrected chi connectivity index (χ0v) is 21.3. The van der Waals surface area contributed by atoms with Crippen molar-refractivity contribution >= 4 is 16.7 Å². The highest BCUT2D eigenvalue weighted by atomic mass is 19.1. The molecule has 0 aliphatic rings. The van der Waals surface area contributed by atoms with Gasteiger partial charge >= 0.3 is 0 Å². The Morgan fingerprint density at radius 1 is 1.00 bits per heavy atom. The number of hydrogen-bond acceptors (Lipinski definition) is 5. The molecule has 0 fully saturated rings. The highest BCUT2D eigenvalue weighted by Gasteiger charge is 2.27. The van der Waals surface area contributed by atoms with Crippen LogP contribution in [0.25, 0.3) is 10.8 Å². The van der Waals surface area contributed by atoms with E-state index < -0.39 is 29.7 Å². The summed E-state index contributed by atoms with van der Waals surface area (Å²) >= 11 is 0. The number of fused-ring (bicyclic) bond motifs is 1. The summed E-state index contributed by atoms with van der Waals surface area (Å²) in [7, 11) is 1.48. The normalized spacial score (nSPS) is 12.9. The van der Waals surface area contributed by atoms with Gasteiger partial charge in [0.15, 0.2) is 5.69 Å². The van der Waals surface area contributed by atoms with E-state index in [0.717, 1.165) is 40.4 Å². The second kappa shape index (κ2) is 11.6. The second-order valence-electron chi connectivity index (χ2n) is 9.40. The Morgan fingerprint density at radius 2 is 1.66 bits per heavy atom. The van der Waals surface area contributed by atoms with Crippen LogP contribution in [0.1, 0.15) is 34.1 Å².